The summed E-state index contributed by atoms with van der Waals surface area (Å²) in [5.41, 5.74) is 0. The summed E-state index contributed by atoms with van der Waals surface area (Å²) in [6.07, 6.45) is -4.07. The maximum atomic E-state index is 7.60. The fourth-order valence-corrected chi connectivity index (χ4v) is 7.34. The Morgan fingerprint density at radius 3 is 1.04 bits per heavy atom. The van der Waals surface area contributed by atoms with Crippen LogP contribution in [0.4, 0.5) is 0 Å². The maximum absolute atomic E-state index is 7.60. The van der Waals surface area contributed by atoms with Crippen molar-refractivity contribution in [1.29, 1.82) is 0 Å². The Balaban J connectivity index is 1.99. The summed E-state index contributed by atoms with van der Waals surface area (Å²) < 4.78 is 13.3. The molecule has 0 fully saturated rings. The van der Waals surface area contributed by atoms with Crippen LogP contribution >= 0.6 is 17.7 Å². The zero-order chi connectivity index (χ0) is 19.3. The zero-order valence-corrected chi connectivity index (χ0v) is 16.8. The van der Waals surface area contributed by atoms with Crippen LogP contribution in [0.5, 0.6) is 11.5 Å². The van der Waals surface area contributed by atoms with Gasteiger partial charge in [0.2, 0.25) is 0 Å². The van der Waals surface area contributed by atoms with Gasteiger partial charge < -0.3 is 0 Å². The van der Waals surface area contributed by atoms with Gasteiger partial charge in [-0.2, -0.15) is 0 Å². The molecule has 4 aromatic carbocycles. The fourth-order valence-electron chi connectivity index (χ4n) is 3.08. The van der Waals surface area contributed by atoms with Gasteiger partial charge in [-0.3, -0.25) is 0 Å². The molecule has 0 aromatic heterocycles. The van der Waals surface area contributed by atoms with E-state index in [1.54, 1.807) is 0 Å². The second-order valence-electron chi connectivity index (χ2n) is 6.34. The van der Waals surface area contributed by atoms with Crippen molar-refractivity contribution in [1.82, 2.24) is 0 Å². The van der Waals surface area contributed by atoms with Gasteiger partial charge in [-0.05, 0) is 0 Å². The molecule has 140 valence electrons. The third-order valence-electron chi connectivity index (χ3n) is 4.41. The van der Waals surface area contributed by atoms with Crippen LogP contribution in [-0.2, 0) is 0 Å². The van der Waals surface area contributed by atoms with E-state index in [1.807, 2.05) is 121 Å². The molecule has 0 aliphatic carbocycles. The molecule has 4 aromatic rings. The molecule has 0 saturated heterocycles. The summed E-state index contributed by atoms with van der Waals surface area (Å²) in [4.78, 5) is 0. The molecule has 0 bridgehead atoms. The molecular formula is C24H20ClO2P. The van der Waals surface area contributed by atoms with E-state index in [0.717, 1.165) is 10.6 Å². The summed E-state index contributed by atoms with van der Waals surface area (Å²) in [7, 11) is 0. The summed E-state index contributed by atoms with van der Waals surface area (Å²) >= 11 is 7.60. The van der Waals surface area contributed by atoms with Gasteiger partial charge >= 0.3 is 170 Å². The van der Waals surface area contributed by atoms with Crippen LogP contribution in [0, 0.1) is 0 Å². The molecule has 0 radical (unpaired) electrons. The predicted molar refractivity (Wildman–Crippen MR) is 119 cm³/mol. The van der Waals surface area contributed by atoms with Crippen LogP contribution in [0.2, 0.25) is 0 Å². The molecule has 4 heteroatoms. The van der Waals surface area contributed by atoms with Gasteiger partial charge in [0.05, 0.1) is 0 Å². The molecule has 0 heterocycles. The van der Waals surface area contributed by atoms with Crippen molar-refractivity contribution in [3.63, 3.8) is 0 Å². The average molecular weight is 407 g/mol. The van der Waals surface area contributed by atoms with E-state index in [0.29, 0.717) is 11.5 Å². The fraction of sp³-hybridized carbons (Fsp3) is 0. The van der Waals surface area contributed by atoms with Crippen molar-refractivity contribution < 1.29 is 9.05 Å². The minimum atomic E-state index is -4.07. The number of hydrogen-bond donors (Lipinski definition) is 0. The molecule has 0 saturated carbocycles. The first-order valence-corrected chi connectivity index (χ1v) is 12.0. The Morgan fingerprint density at radius 1 is 0.429 bits per heavy atom. The molecular weight excluding hydrogens is 387 g/mol. The average Bonchev–Trinajstić information content (AvgIpc) is 2.76. The molecule has 0 unspecified atom stereocenters. The van der Waals surface area contributed by atoms with E-state index in [2.05, 4.69) is 0 Å². The quantitative estimate of drug-likeness (QED) is 0.348. The van der Waals surface area contributed by atoms with Gasteiger partial charge in [-0.1, -0.05) is 0 Å². The van der Waals surface area contributed by atoms with E-state index >= 15 is 0 Å². The van der Waals surface area contributed by atoms with Crippen molar-refractivity contribution in [2.75, 3.05) is 0 Å². The first-order valence-electron chi connectivity index (χ1n) is 9.03. The Hall–Kier alpha value is -2.80. The molecule has 0 aliphatic heterocycles. The van der Waals surface area contributed by atoms with Gasteiger partial charge in [0.15, 0.2) is 0 Å². The third-order valence-corrected chi connectivity index (χ3v) is 9.42. The summed E-state index contributed by atoms with van der Waals surface area (Å²) in [5, 5.41) is 1.60. The van der Waals surface area contributed by atoms with Crippen molar-refractivity contribution >= 4 is 28.3 Å². The Morgan fingerprint density at radius 2 is 0.714 bits per heavy atom. The third kappa shape index (κ3) is 3.49. The number of benzene rings is 4. The Labute approximate surface area is 170 Å². The molecule has 0 aliphatic rings. The van der Waals surface area contributed by atoms with Crippen LogP contribution in [0.15, 0.2) is 121 Å². The Bertz CT molecular complexity index is 940. The zero-order valence-electron chi connectivity index (χ0n) is 15.2. The normalized spacial score (nSPS) is 12.5. The van der Waals surface area contributed by atoms with Gasteiger partial charge in [-0.25, -0.2) is 0 Å². The standard InChI is InChI=1S/C24H20ClO2P/c25-28(23-17-9-3-10-18-23,24-19-11-4-12-20-24,26-21-13-5-1-6-14-21)27-22-15-7-2-8-16-22/h1-20H. The van der Waals surface area contributed by atoms with E-state index in [1.165, 1.54) is 0 Å². The molecule has 28 heavy (non-hydrogen) atoms. The molecule has 0 N–H and O–H groups in total. The summed E-state index contributed by atoms with van der Waals surface area (Å²) in [6, 6.07) is 38.7. The van der Waals surface area contributed by atoms with Gasteiger partial charge in [-0.15, -0.1) is 0 Å². The van der Waals surface area contributed by atoms with E-state index < -0.39 is 6.41 Å². The molecule has 0 amide bonds. The van der Waals surface area contributed by atoms with Crippen LogP contribution in [-0.4, -0.2) is 0 Å². The number of para-hydroxylation sites is 2. The molecule has 2 nitrogen and oxygen atoms in total. The first kappa shape index (κ1) is 18.6. The predicted octanol–water partition coefficient (Wildman–Crippen LogP) is 6.33. The van der Waals surface area contributed by atoms with Crippen molar-refractivity contribution in [2.24, 2.45) is 0 Å². The molecule has 4 rings (SSSR count). The summed E-state index contributed by atoms with van der Waals surface area (Å²) in [6.45, 7) is 0. The number of halogens is 1. The van der Waals surface area contributed by atoms with Crippen molar-refractivity contribution in [3.05, 3.63) is 121 Å². The van der Waals surface area contributed by atoms with Crippen LogP contribution in [0.25, 0.3) is 0 Å². The SMILES string of the molecule is ClP(Oc1ccccc1)(Oc1ccccc1)(c1ccccc1)c1ccccc1. The van der Waals surface area contributed by atoms with Crippen LogP contribution < -0.4 is 19.7 Å². The van der Waals surface area contributed by atoms with Gasteiger partial charge in [0.25, 0.3) is 0 Å². The van der Waals surface area contributed by atoms with E-state index in [-0.39, 0.29) is 0 Å². The van der Waals surface area contributed by atoms with Crippen LogP contribution in [0.1, 0.15) is 0 Å². The van der Waals surface area contributed by atoms with E-state index in [9.17, 15) is 0 Å². The second kappa shape index (κ2) is 7.67. The number of rotatable bonds is 6. The van der Waals surface area contributed by atoms with Crippen LogP contribution in [0.3, 0.4) is 0 Å². The minimum absolute atomic E-state index is 0.652. The van der Waals surface area contributed by atoms with Gasteiger partial charge in [0.1, 0.15) is 0 Å². The summed E-state index contributed by atoms with van der Waals surface area (Å²) in [5.74, 6) is 1.30. The van der Waals surface area contributed by atoms with Crippen molar-refractivity contribution in [2.45, 2.75) is 0 Å². The van der Waals surface area contributed by atoms with E-state index in [4.69, 9.17) is 20.3 Å². The monoisotopic (exact) mass is 406 g/mol. The van der Waals surface area contributed by atoms with Gasteiger partial charge in [0, 0.05) is 0 Å². The number of hydrogen-bond acceptors (Lipinski definition) is 2. The molecule has 0 spiro atoms. The first-order chi connectivity index (χ1) is 13.7. The topological polar surface area (TPSA) is 18.5 Å². The molecule has 0 atom stereocenters. The second-order valence-corrected chi connectivity index (χ2v) is 11.3. The Kier molecular flexibility index (Phi) is 5.09. The van der Waals surface area contributed by atoms with Crippen molar-refractivity contribution in [3.8, 4) is 11.5 Å².